The summed E-state index contributed by atoms with van der Waals surface area (Å²) in [6.45, 7) is 2.59. The van der Waals surface area contributed by atoms with E-state index in [0.717, 1.165) is 18.4 Å². The van der Waals surface area contributed by atoms with Crippen LogP contribution in [0.25, 0.3) is 0 Å². The monoisotopic (exact) mass is 346 g/mol. The molecule has 0 fully saturated rings. The molecular weight excluding hydrogens is 323 g/mol. The van der Waals surface area contributed by atoms with Gasteiger partial charge in [0.05, 0.1) is 12.2 Å². The van der Waals surface area contributed by atoms with E-state index in [0.29, 0.717) is 25.3 Å². The molecule has 1 atom stereocenters. The third-order valence-electron chi connectivity index (χ3n) is 3.85. The number of carbonyl (C=O) groups is 2. The van der Waals surface area contributed by atoms with Gasteiger partial charge in [0.2, 0.25) is 11.8 Å². The minimum absolute atomic E-state index is 0.0566. The van der Waals surface area contributed by atoms with Crippen molar-refractivity contribution in [3.05, 3.63) is 59.8 Å². The average Bonchev–Trinajstić information content (AvgIpc) is 3.09. The molecule has 5 nitrogen and oxygen atoms in total. The van der Waals surface area contributed by atoms with Crippen molar-refractivity contribution in [1.82, 2.24) is 10.6 Å². The zero-order valence-corrected chi connectivity index (χ0v) is 14.3. The van der Waals surface area contributed by atoms with Crippen LogP contribution in [0.2, 0.25) is 0 Å². The predicted molar refractivity (Wildman–Crippen MR) is 92.5 cm³/mol. The van der Waals surface area contributed by atoms with Crippen LogP contribution in [-0.4, -0.2) is 24.9 Å². The Balaban J connectivity index is 1.91. The van der Waals surface area contributed by atoms with E-state index in [-0.39, 0.29) is 17.6 Å². The molecule has 0 aliphatic heterocycles. The Labute approximate surface area is 146 Å². The second-order valence-electron chi connectivity index (χ2n) is 5.87. The molecular formula is C19H23FN2O3. The molecule has 0 aliphatic carbocycles. The highest BCUT2D eigenvalue weighted by Crippen LogP contribution is 2.22. The number of hydrogen-bond donors (Lipinski definition) is 2. The lowest BCUT2D eigenvalue weighted by Gasteiger charge is -2.16. The highest BCUT2D eigenvalue weighted by atomic mass is 19.1. The fourth-order valence-corrected chi connectivity index (χ4v) is 2.54. The quantitative estimate of drug-likeness (QED) is 0.686. The Morgan fingerprint density at radius 2 is 1.76 bits per heavy atom. The van der Waals surface area contributed by atoms with Gasteiger partial charge in [-0.25, -0.2) is 4.39 Å². The number of nitrogens with one attached hydrogen (secondary N) is 2. The van der Waals surface area contributed by atoms with Gasteiger partial charge in [0.15, 0.2) is 0 Å². The predicted octanol–water partition coefficient (Wildman–Crippen LogP) is 2.78. The van der Waals surface area contributed by atoms with Gasteiger partial charge in [0, 0.05) is 26.4 Å². The molecule has 1 aromatic heterocycles. The fourth-order valence-electron chi connectivity index (χ4n) is 2.54. The molecule has 0 saturated heterocycles. The number of unbranched alkanes of at least 4 members (excludes halogenated alkanes) is 1. The summed E-state index contributed by atoms with van der Waals surface area (Å²) in [5, 5.41) is 5.63. The van der Waals surface area contributed by atoms with E-state index >= 15 is 0 Å². The molecule has 2 rings (SSSR count). The van der Waals surface area contributed by atoms with E-state index < -0.39 is 5.92 Å². The highest BCUT2D eigenvalue weighted by molar-refractivity contribution is 5.83. The van der Waals surface area contributed by atoms with Crippen LogP contribution >= 0.6 is 0 Å². The first-order valence-electron chi connectivity index (χ1n) is 8.36. The van der Waals surface area contributed by atoms with Crippen LogP contribution in [0.5, 0.6) is 0 Å². The minimum atomic E-state index is -0.443. The van der Waals surface area contributed by atoms with Crippen molar-refractivity contribution >= 4 is 11.8 Å². The normalized spacial score (nSPS) is 11.8. The Bertz CT molecular complexity index is 668. The summed E-state index contributed by atoms with van der Waals surface area (Å²) in [4.78, 5) is 23.4. The van der Waals surface area contributed by atoms with Gasteiger partial charge in [-0.1, -0.05) is 12.1 Å². The van der Waals surface area contributed by atoms with Crippen molar-refractivity contribution in [2.75, 3.05) is 13.1 Å². The summed E-state index contributed by atoms with van der Waals surface area (Å²) in [7, 11) is 0. The molecule has 0 bridgehead atoms. The zero-order chi connectivity index (χ0) is 18.1. The maximum Gasteiger partial charge on any atom is 0.228 e. The van der Waals surface area contributed by atoms with Crippen LogP contribution in [0.1, 0.15) is 37.0 Å². The van der Waals surface area contributed by atoms with Gasteiger partial charge in [0.1, 0.15) is 11.6 Å². The molecule has 1 aromatic carbocycles. The number of hydrogen-bond acceptors (Lipinski definition) is 3. The molecule has 0 saturated carbocycles. The van der Waals surface area contributed by atoms with Crippen LogP contribution in [0, 0.1) is 5.82 Å². The van der Waals surface area contributed by atoms with Gasteiger partial charge in [-0.05, 0) is 42.7 Å². The van der Waals surface area contributed by atoms with Gasteiger partial charge in [-0.3, -0.25) is 9.59 Å². The van der Waals surface area contributed by atoms with E-state index in [1.54, 1.807) is 24.5 Å². The number of amides is 2. The fraction of sp³-hybridized carbons (Fsp3) is 0.368. The van der Waals surface area contributed by atoms with Gasteiger partial charge in [-0.2, -0.15) is 0 Å². The molecule has 2 amide bonds. The molecule has 0 aliphatic rings. The zero-order valence-electron chi connectivity index (χ0n) is 14.3. The first-order valence-corrected chi connectivity index (χ1v) is 8.36. The molecule has 6 heteroatoms. The number of halogens is 1. The van der Waals surface area contributed by atoms with E-state index in [4.69, 9.17) is 4.42 Å². The van der Waals surface area contributed by atoms with Crippen molar-refractivity contribution in [2.45, 2.75) is 32.1 Å². The van der Waals surface area contributed by atoms with Crippen molar-refractivity contribution in [2.24, 2.45) is 0 Å². The van der Waals surface area contributed by atoms with E-state index in [2.05, 4.69) is 10.6 Å². The Kier molecular flexibility index (Phi) is 7.19. The molecule has 0 radical (unpaired) electrons. The van der Waals surface area contributed by atoms with Gasteiger partial charge >= 0.3 is 0 Å². The summed E-state index contributed by atoms with van der Waals surface area (Å²) < 4.78 is 18.5. The number of benzene rings is 1. The SMILES string of the molecule is CC(=O)NCCCCNC(=O)C(Cc1ccco1)c1ccc(F)cc1. The van der Waals surface area contributed by atoms with Crippen LogP contribution in [0.3, 0.4) is 0 Å². The first-order chi connectivity index (χ1) is 12.1. The lowest BCUT2D eigenvalue weighted by molar-refractivity contribution is -0.122. The van der Waals surface area contributed by atoms with Gasteiger partial charge in [-0.15, -0.1) is 0 Å². The first kappa shape index (κ1) is 18.7. The summed E-state index contributed by atoms with van der Waals surface area (Å²) in [6, 6.07) is 9.54. The van der Waals surface area contributed by atoms with Crippen molar-refractivity contribution in [3.63, 3.8) is 0 Å². The summed E-state index contributed by atoms with van der Waals surface area (Å²) in [5.74, 6) is -0.252. The molecule has 2 N–H and O–H groups in total. The molecule has 1 heterocycles. The summed E-state index contributed by atoms with van der Waals surface area (Å²) >= 11 is 0. The van der Waals surface area contributed by atoms with Crippen LogP contribution in [0.4, 0.5) is 4.39 Å². The summed E-state index contributed by atoms with van der Waals surface area (Å²) in [6.07, 6.45) is 3.54. The van der Waals surface area contributed by atoms with Crippen LogP contribution in [-0.2, 0) is 16.0 Å². The average molecular weight is 346 g/mol. The van der Waals surface area contributed by atoms with Crippen LogP contribution in [0.15, 0.2) is 47.1 Å². The largest absolute Gasteiger partial charge is 0.469 e. The smallest absolute Gasteiger partial charge is 0.228 e. The topological polar surface area (TPSA) is 71.3 Å². The maximum absolute atomic E-state index is 13.2. The molecule has 0 spiro atoms. The van der Waals surface area contributed by atoms with Crippen molar-refractivity contribution in [1.29, 1.82) is 0 Å². The van der Waals surface area contributed by atoms with E-state index in [1.807, 2.05) is 6.07 Å². The maximum atomic E-state index is 13.2. The summed E-state index contributed by atoms with van der Waals surface area (Å²) in [5.41, 5.74) is 0.744. The molecule has 2 aromatic rings. The lowest BCUT2D eigenvalue weighted by Crippen LogP contribution is -2.31. The standard InChI is InChI=1S/C19H23FN2O3/c1-14(23)21-10-2-3-11-22-19(24)18(13-17-5-4-12-25-17)15-6-8-16(20)9-7-15/h4-9,12,18H,2-3,10-11,13H2,1H3,(H,21,23)(H,22,24). The van der Waals surface area contributed by atoms with Crippen molar-refractivity contribution in [3.8, 4) is 0 Å². The number of furan rings is 1. The Morgan fingerprint density at radius 3 is 2.36 bits per heavy atom. The van der Waals surface area contributed by atoms with E-state index in [9.17, 15) is 14.0 Å². The Hall–Kier alpha value is -2.63. The van der Waals surface area contributed by atoms with E-state index in [1.165, 1.54) is 19.1 Å². The molecule has 1 unspecified atom stereocenters. The van der Waals surface area contributed by atoms with Gasteiger partial charge < -0.3 is 15.1 Å². The second kappa shape index (κ2) is 9.61. The van der Waals surface area contributed by atoms with Crippen LogP contribution < -0.4 is 10.6 Å². The third-order valence-corrected chi connectivity index (χ3v) is 3.85. The number of carbonyl (C=O) groups excluding carboxylic acids is 2. The lowest BCUT2D eigenvalue weighted by atomic mass is 9.93. The minimum Gasteiger partial charge on any atom is -0.469 e. The molecule has 134 valence electrons. The van der Waals surface area contributed by atoms with Gasteiger partial charge in [0.25, 0.3) is 0 Å². The molecule has 25 heavy (non-hydrogen) atoms. The second-order valence-corrected chi connectivity index (χ2v) is 5.87. The Morgan fingerprint density at radius 1 is 1.08 bits per heavy atom. The highest BCUT2D eigenvalue weighted by Gasteiger charge is 2.22. The number of rotatable bonds is 9. The van der Waals surface area contributed by atoms with Crippen molar-refractivity contribution < 1.29 is 18.4 Å². The third kappa shape index (κ3) is 6.41.